The zero-order valence-electron chi connectivity index (χ0n) is 16.5. The summed E-state index contributed by atoms with van der Waals surface area (Å²) in [6, 6.07) is 7.36. The monoisotopic (exact) mass is 473 g/mol. The molecule has 31 heavy (non-hydrogen) atoms. The summed E-state index contributed by atoms with van der Waals surface area (Å²) < 4.78 is 66.2. The molecule has 3 rings (SSSR count). The normalized spacial score (nSPS) is 12.4. The molecule has 0 spiro atoms. The highest BCUT2D eigenvalue weighted by molar-refractivity contribution is 7.91. The molecule has 166 valence electrons. The van der Waals surface area contributed by atoms with Crippen LogP contribution >= 0.6 is 11.6 Å². The minimum Gasteiger partial charge on any atom is -0.368 e. The SMILES string of the molecule is CC(C)CS(=O)(=O)c1ccc(-c2c(Cl)cc(Nc3n[nH]c(N)n3)cc2C(F)(F)F)cc1. The van der Waals surface area contributed by atoms with E-state index in [1.165, 1.54) is 30.3 Å². The van der Waals surface area contributed by atoms with E-state index in [-0.39, 0.29) is 50.3 Å². The second kappa shape index (κ2) is 8.39. The summed E-state index contributed by atoms with van der Waals surface area (Å²) in [6.07, 6.45) is -4.73. The van der Waals surface area contributed by atoms with Crippen LogP contribution in [0.4, 0.5) is 30.8 Å². The van der Waals surface area contributed by atoms with Crippen molar-refractivity contribution in [2.45, 2.75) is 24.9 Å². The van der Waals surface area contributed by atoms with E-state index in [0.717, 1.165) is 6.07 Å². The van der Waals surface area contributed by atoms with Crippen LogP contribution in [0.3, 0.4) is 0 Å². The van der Waals surface area contributed by atoms with Crippen LogP contribution in [-0.4, -0.2) is 29.4 Å². The lowest BCUT2D eigenvalue weighted by molar-refractivity contribution is -0.137. The van der Waals surface area contributed by atoms with E-state index < -0.39 is 21.6 Å². The third-order valence-corrected chi connectivity index (χ3v) is 6.60. The van der Waals surface area contributed by atoms with E-state index in [1.54, 1.807) is 13.8 Å². The van der Waals surface area contributed by atoms with Gasteiger partial charge >= 0.3 is 6.18 Å². The zero-order valence-corrected chi connectivity index (χ0v) is 18.0. The fourth-order valence-electron chi connectivity index (χ4n) is 3.02. The van der Waals surface area contributed by atoms with Gasteiger partial charge in [-0.05, 0) is 35.7 Å². The highest BCUT2D eigenvalue weighted by Gasteiger charge is 2.35. The molecule has 0 amide bonds. The van der Waals surface area contributed by atoms with Gasteiger partial charge in [-0.15, -0.1) is 5.10 Å². The molecule has 1 heterocycles. The first kappa shape index (κ1) is 22.9. The Kier molecular flexibility index (Phi) is 6.19. The Labute approximate surface area is 181 Å². The van der Waals surface area contributed by atoms with Gasteiger partial charge in [-0.25, -0.2) is 13.5 Å². The summed E-state index contributed by atoms with van der Waals surface area (Å²) in [4.78, 5) is 3.82. The summed E-state index contributed by atoms with van der Waals surface area (Å²) in [7, 11) is -3.54. The van der Waals surface area contributed by atoms with Gasteiger partial charge in [0.15, 0.2) is 9.84 Å². The molecule has 2 aromatic carbocycles. The minimum atomic E-state index is -4.73. The molecule has 0 unspecified atom stereocenters. The largest absolute Gasteiger partial charge is 0.417 e. The minimum absolute atomic E-state index is 0.00577. The molecular weight excluding hydrogens is 455 g/mol. The van der Waals surface area contributed by atoms with Crippen LogP contribution in [0.15, 0.2) is 41.3 Å². The first-order valence-electron chi connectivity index (χ1n) is 9.05. The lowest BCUT2D eigenvalue weighted by atomic mass is 9.98. The molecule has 0 bridgehead atoms. The van der Waals surface area contributed by atoms with E-state index in [4.69, 9.17) is 17.3 Å². The molecule has 0 saturated carbocycles. The van der Waals surface area contributed by atoms with Crippen LogP contribution in [0.2, 0.25) is 5.02 Å². The van der Waals surface area contributed by atoms with Crippen LogP contribution in [0.25, 0.3) is 11.1 Å². The predicted molar refractivity (Wildman–Crippen MR) is 113 cm³/mol. The molecule has 0 radical (unpaired) electrons. The molecule has 0 saturated heterocycles. The van der Waals surface area contributed by atoms with Gasteiger partial charge in [0.2, 0.25) is 11.9 Å². The summed E-state index contributed by atoms with van der Waals surface area (Å²) >= 11 is 6.21. The van der Waals surface area contributed by atoms with Crippen molar-refractivity contribution >= 4 is 39.0 Å². The van der Waals surface area contributed by atoms with E-state index >= 15 is 0 Å². The van der Waals surface area contributed by atoms with Crippen molar-refractivity contribution in [3.05, 3.63) is 47.0 Å². The number of benzene rings is 2. The zero-order chi connectivity index (χ0) is 23.0. The molecule has 7 nitrogen and oxygen atoms in total. The Morgan fingerprint density at radius 2 is 1.84 bits per heavy atom. The van der Waals surface area contributed by atoms with E-state index in [2.05, 4.69) is 20.5 Å². The smallest absolute Gasteiger partial charge is 0.368 e. The number of H-pyrrole nitrogens is 1. The summed E-state index contributed by atoms with van der Waals surface area (Å²) in [5.74, 6) is -0.175. The van der Waals surface area contributed by atoms with Crippen molar-refractivity contribution in [3.8, 4) is 11.1 Å². The fraction of sp³-hybridized carbons (Fsp3) is 0.263. The Hall–Kier alpha value is -2.79. The quantitative estimate of drug-likeness (QED) is 0.469. The van der Waals surface area contributed by atoms with Crippen molar-refractivity contribution in [2.24, 2.45) is 5.92 Å². The average molecular weight is 474 g/mol. The van der Waals surface area contributed by atoms with Crippen LogP contribution in [0.5, 0.6) is 0 Å². The van der Waals surface area contributed by atoms with Crippen molar-refractivity contribution in [3.63, 3.8) is 0 Å². The van der Waals surface area contributed by atoms with Gasteiger partial charge in [-0.1, -0.05) is 37.6 Å². The number of aromatic nitrogens is 3. The maximum atomic E-state index is 13.8. The number of halogens is 4. The molecule has 3 aromatic rings. The Morgan fingerprint density at radius 3 is 2.35 bits per heavy atom. The van der Waals surface area contributed by atoms with Gasteiger partial charge in [0.05, 0.1) is 21.2 Å². The van der Waals surface area contributed by atoms with Crippen molar-refractivity contribution in [1.29, 1.82) is 0 Å². The van der Waals surface area contributed by atoms with Crippen LogP contribution in [-0.2, 0) is 16.0 Å². The number of rotatable bonds is 6. The number of nitrogens with zero attached hydrogens (tertiary/aromatic N) is 2. The molecule has 0 fully saturated rings. The van der Waals surface area contributed by atoms with Gasteiger partial charge < -0.3 is 11.1 Å². The van der Waals surface area contributed by atoms with Crippen molar-refractivity contribution in [2.75, 3.05) is 16.8 Å². The highest BCUT2D eigenvalue weighted by atomic mass is 35.5. The molecule has 12 heteroatoms. The topological polar surface area (TPSA) is 114 Å². The first-order valence-corrected chi connectivity index (χ1v) is 11.1. The predicted octanol–water partition coefficient (Wildman–Crippen LogP) is 4.90. The van der Waals surface area contributed by atoms with E-state index in [1.807, 2.05) is 0 Å². The maximum absolute atomic E-state index is 13.8. The van der Waals surface area contributed by atoms with Gasteiger partial charge in [0.1, 0.15) is 0 Å². The number of hydrogen-bond acceptors (Lipinski definition) is 6. The molecule has 4 N–H and O–H groups in total. The second-order valence-corrected chi connectivity index (χ2v) is 9.69. The number of sulfone groups is 1. The Morgan fingerprint density at radius 1 is 1.19 bits per heavy atom. The number of nitrogens with one attached hydrogen (secondary N) is 2. The van der Waals surface area contributed by atoms with Crippen molar-refractivity contribution < 1.29 is 21.6 Å². The Balaban J connectivity index is 2.04. The lowest BCUT2D eigenvalue weighted by Crippen LogP contribution is -2.12. The highest BCUT2D eigenvalue weighted by Crippen LogP contribution is 2.43. The van der Waals surface area contributed by atoms with Crippen LogP contribution < -0.4 is 11.1 Å². The van der Waals surface area contributed by atoms with Crippen molar-refractivity contribution in [1.82, 2.24) is 15.2 Å². The maximum Gasteiger partial charge on any atom is 0.417 e. The van der Waals surface area contributed by atoms with Crippen LogP contribution in [0, 0.1) is 5.92 Å². The third kappa shape index (κ3) is 5.28. The molecule has 1 aromatic heterocycles. The molecular formula is C19H19ClF3N5O2S. The van der Waals surface area contributed by atoms with E-state index in [9.17, 15) is 21.6 Å². The average Bonchev–Trinajstić information content (AvgIpc) is 3.04. The summed E-state index contributed by atoms with van der Waals surface area (Å²) in [5.41, 5.74) is 4.30. The lowest BCUT2D eigenvalue weighted by Gasteiger charge is -2.17. The van der Waals surface area contributed by atoms with Gasteiger partial charge in [-0.2, -0.15) is 18.2 Å². The van der Waals surface area contributed by atoms with Gasteiger partial charge in [0.25, 0.3) is 0 Å². The number of nitrogen functional groups attached to an aromatic ring is 1. The number of hydrogen-bond donors (Lipinski definition) is 3. The molecule has 0 aliphatic carbocycles. The molecule has 0 aliphatic rings. The number of anilines is 3. The number of aromatic amines is 1. The summed E-state index contributed by atoms with van der Waals surface area (Å²) in [5, 5.41) is 8.50. The second-order valence-electron chi connectivity index (χ2n) is 7.25. The van der Waals surface area contributed by atoms with E-state index in [0.29, 0.717) is 0 Å². The van der Waals surface area contributed by atoms with Crippen LogP contribution in [0.1, 0.15) is 19.4 Å². The standard InChI is InChI=1S/C19H19ClF3N5O2S/c1-10(2)9-31(29,30)13-5-3-11(4-6-13)16-14(19(21,22)23)7-12(8-15(16)20)25-18-26-17(24)27-28-18/h3-8,10H,9H2,1-2H3,(H4,24,25,26,27,28). The molecule has 0 aliphatic heterocycles. The van der Waals surface area contributed by atoms with Gasteiger partial charge in [0, 0.05) is 11.3 Å². The number of alkyl halides is 3. The number of nitrogens with two attached hydrogens (primary N) is 1. The summed E-state index contributed by atoms with van der Waals surface area (Å²) in [6.45, 7) is 3.54. The first-order chi connectivity index (χ1) is 14.4. The third-order valence-electron chi connectivity index (χ3n) is 4.21. The molecule has 0 atom stereocenters. The van der Waals surface area contributed by atoms with Gasteiger partial charge in [-0.3, -0.25) is 0 Å². The Bertz CT molecular complexity index is 1190. The fourth-order valence-corrected chi connectivity index (χ4v) is 4.97.